The molecule has 0 atom stereocenters. The quantitative estimate of drug-likeness (QED) is 0.588. The maximum Gasteiger partial charge on any atom is 0.344 e. The Morgan fingerprint density at radius 1 is 0.850 bits per heavy atom. The van der Waals surface area contributed by atoms with E-state index in [0.29, 0.717) is 5.56 Å². The van der Waals surface area contributed by atoms with Crippen LogP contribution in [0.5, 0.6) is 11.5 Å². The SMILES string of the molecule is C=Cc1cccc2c1OC(=O)c1ccccc1C(=O)O2. The highest BCUT2D eigenvalue weighted by Gasteiger charge is 2.26. The zero-order valence-corrected chi connectivity index (χ0v) is 10.5. The lowest BCUT2D eigenvalue weighted by Crippen LogP contribution is -2.21. The van der Waals surface area contributed by atoms with Crippen molar-refractivity contribution in [2.45, 2.75) is 0 Å². The van der Waals surface area contributed by atoms with E-state index in [4.69, 9.17) is 9.47 Å². The van der Waals surface area contributed by atoms with Crippen molar-refractivity contribution in [2.75, 3.05) is 0 Å². The first-order valence-electron chi connectivity index (χ1n) is 5.99. The third-order valence-electron chi connectivity index (χ3n) is 2.99. The first kappa shape index (κ1) is 12.2. The summed E-state index contributed by atoms with van der Waals surface area (Å²) in [5, 5.41) is 0. The number of carbonyl (C=O) groups excluding carboxylic acids is 2. The van der Waals surface area contributed by atoms with Gasteiger partial charge in [0.15, 0.2) is 11.5 Å². The lowest BCUT2D eigenvalue weighted by Gasteiger charge is -2.17. The molecule has 2 aromatic rings. The van der Waals surface area contributed by atoms with Gasteiger partial charge in [-0.25, -0.2) is 9.59 Å². The zero-order valence-electron chi connectivity index (χ0n) is 10.5. The number of benzene rings is 2. The fraction of sp³-hybridized carbons (Fsp3) is 0. The van der Waals surface area contributed by atoms with Gasteiger partial charge in [-0.15, -0.1) is 0 Å². The summed E-state index contributed by atoms with van der Waals surface area (Å²) in [4.78, 5) is 24.3. The average Bonchev–Trinajstić information content (AvgIpc) is 2.47. The Morgan fingerprint density at radius 2 is 1.50 bits per heavy atom. The molecular formula is C16H10O4. The minimum Gasteiger partial charge on any atom is -0.419 e. The molecule has 1 aliphatic rings. The smallest absolute Gasteiger partial charge is 0.344 e. The van der Waals surface area contributed by atoms with Crippen molar-refractivity contribution in [3.8, 4) is 11.5 Å². The van der Waals surface area contributed by atoms with Crippen molar-refractivity contribution in [1.29, 1.82) is 0 Å². The van der Waals surface area contributed by atoms with E-state index in [1.807, 2.05) is 0 Å². The maximum absolute atomic E-state index is 12.2. The van der Waals surface area contributed by atoms with Crippen molar-refractivity contribution in [3.05, 3.63) is 65.7 Å². The highest BCUT2D eigenvalue weighted by molar-refractivity contribution is 6.05. The summed E-state index contributed by atoms with van der Waals surface area (Å²) in [6.45, 7) is 3.65. The fourth-order valence-corrected chi connectivity index (χ4v) is 2.02. The van der Waals surface area contributed by atoms with E-state index >= 15 is 0 Å². The second-order valence-electron chi connectivity index (χ2n) is 4.20. The van der Waals surface area contributed by atoms with Crippen LogP contribution in [0.1, 0.15) is 26.3 Å². The van der Waals surface area contributed by atoms with E-state index in [-0.39, 0.29) is 22.6 Å². The Labute approximate surface area is 115 Å². The summed E-state index contributed by atoms with van der Waals surface area (Å²) in [5.74, 6) is -0.766. The standard InChI is InChI=1S/C16H10O4/c1-2-10-6-5-9-13-14(10)20-16(18)12-8-4-3-7-11(12)15(17)19-13/h2-9H,1H2. The Kier molecular flexibility index (Phi) is 2.84. The molecule has 0 amide bonds. The normalized spacial score (nSPS) is 13.2. The zero-order chi connectivity index (χ0) is 14.1. The highest BCUT2D eigenvalue weighted by atomic mass is 16.6. The van der Waals surface area contributed by atoms with Gasteiger partial charge < -0.3 is 9.47 Å². The van der Waals surface area contributed by atoms with E-state index in [0.717, 1.165) is 0 Å². The third kappa shape index (κ3) is 1.87. The van der Waals surface area contributed by atoms with Crippen LogP contribution in [0, 0.1) is 0 Å². The van der Waals surface area contributed by atoms with Gasteiger partial charge in [0.25, 0.3) is 0 Å². The monoisotopic (exact) mass is 266 g/mol. The summed E-state index contributed by atoms with van der Waals surface area (Å²) in [7, 11) is 0. The summed E-state index contributed by atoms with van der Waals surface area (Å²) in [5.41, 5.74) is 0.956. The number of hydrogen-bond acceptors (Lipinski definition) is 4. The molecule has 2 aromatic carbocycles. The average molecular weight is 266 g/mol. The molecule has 0 saturated heterocycles. The molecule has 4 heteroatoms. The second kappa shape index (κ2) is 4.66. The van der Waals surface area contributed by atoms with Crippen molar-refractivity contribution >= 4 is 18.0 Å². The van der Waals surface area contributed by atoms with Crippen molar-refractivity contribution in [3.63, 3.8) is 0 Å². The van der Waals surface area contributed by atoms with Crippen LogP contribution in [0.3, 0.4) is 0 Å². The minimum absolute atomic E-state index is 0.182. The molecule has 20 heavy (non-hydrogen) atoms. The predicted molar refractivity (Wildman–Crippen MR) is 72.9 cm³/mol. The van der Waals surface area contributed by atoms with Crippen LogP contribution in [0.4, 0.5) is 0 Å². The van der Waals surface area contributed by atoms with Crippen LogP contribution in [0.25, 0.3) is 6.08 Å². The van der Waals surface area contributed by atoms with E-state index in [1.54, 1.807) is 30.3 Å². The lowest BCUT2D eigenvalue weighted by atomic mass is 10.1. The number of esters is 2. The molecule has 0 unspecified atom stereocenters. The lowest BCUT2D eigenvalue weighted by molar-refractivity contribution is 0.0648. The Bertz CT molecular complexity index is 731. The molecule has 0 aromatic heterocycles. The number of fused-ring (bicyclic) bond motifs is 2. The van der Waals surface area contributed by atoms with Gasteiger partial charge in [0.1, 0.15) is 0 Å². The van der Waals surface area contributed by atoms with Crippen LogP contribution in [0.15, 0.2) is 49.0 Å². The second-order valence-corrected chi connectivity index (χ2v) is 4.20. The van der Waals surface area contributed by atoms with Crippen molar-refractivity contribution < 1.29 is 19.1 Å². The molecule has 98 valence electrons. The third-order valence-corrected chi connectivity index (χ3v) is 2.99. The van der Waals surface area contributed by atoms with Crippen LogP contribution in [-0.2, 0) is 0 Å². The Hall–Kier alpha value is -2.88. The van der Waals surface area contributed by atoms with Gasteiger partial charge in [-0.1, -0.05) is 36.9 Å². The van der Waals surface area contributed by atoms with Gasteiger partial charge in [-0.3, -0.25) is 0 Å². The maximum atomic E-state index is 12.2. The molecule has 4 nitrogen and oxygen atoms in total. The van der Waals surface area contributed by atoms with E-state index < -0.39 is 11.9 Å². The molecule has 0 aliphatic carbocycles. The molecule has 0 bridgehead atoms. The molecular weight excluding hydrogens is 256 g/mol. The topological polar surface area (TPSA) is 52.6 Å². The van der Waals surface area contributed by atoms with Crippen molar-refractivity contribution in [2.24, 2.45) is 0 Å². The van der Waals surface area contributed by atoms with Gasteiger partial charge in [-0.2, -0.15) is 0 Å². The van der Waals surface area contributed by atoms with E-state index in [9.17, 15) is 9.59 Å². The first-order chi connectivity index (χ1) is 9.70. The Balaban J connectivity index is 2.19. The first-order valence-corrected chi connectivity index (χ1v) is 5.99. The van der Waals surface area contributed by atoms with Crippen LogP contribution in [0.2, 0.25) is 0 Å². The highest BCUT2D eigenvalue weighted by Crippen LogP contribution is 2.35. The van der Waals surface area contributed by atoms with Gasteiger partial charge in [0, 0.05) is 5.56 Å². The molecule has 1 aliphatic heterocycles. The molecule has 0 N–H and O–H groups in total. The molecule has 0 fully saturated rings. The number of carbonyl (C=O) groups is 2. The van der Waals surface area contributed by atoms with Crippen LogP contribution >= 0.6 is 0 Å². The largest absolute Gasteiger partial charge is 0.419 e. The molecule has 0 radical (unpaired) electrons. The number of rotatable bonds is 1. The summed E-state index contributed by atoms with van der Waals surface area (Å²) < 4.78 is 10.6. The summed E-state index contributed by atoms with van der Waals surface area (Å²) in [6.07, 6.45) is 1.54. The van der Waals surface area contributed by atoms with Gasteiger partial charge in [0.05, 0.1) is 11.1 Å². The van der Waals surface area contributed by atoms with Gasteiger partial charge in [0.2, 0.25) is 0 Å². The number of para-hydroxylation sites is 1. The number of ether oxygens (including phenoxy) is 2. The molecule has 0 spiro atoms. The van der Waals surface area contributed by atoms with E-state index in [1.165, 1.54) is 18.2 Å². The molecule has 0 saturated carbocycles. The summed E-state index contributed by atoms with van der Waals surface area (Å²) >= 11 is 0. The number of hydrogen-bond donors (Lipinski definition) is 0. The Morgan fingerprint density at radius 3 is 2.15 bits per heavy atom. The molecule has 3 rings (SSSR count). The predicted octanol–water partition coefficient (Wildman–Crippen LogP) is 3.08. The van der Waals surface area contributed by atoms with Crippen LogP contribution in [-0.4, -0.2) is 11.9 Å². The van der Waals surface area contributed by atoms with Gasteiger partial charge in [-0.05, 0) is 18.2 Å². The van der Waals surface area contributed by atoms with Gasteiger partial charge >= 0.3 is 11.9 Å². The summed E-state index contributed by atoms with van der Waals surface area (Å²) in [6, 6.07) is 11.4. The fourth-order valence-electron chi connectivity index (χ4n) is 2.02. The minimum atomic E-state index is -0.590. The molecule has 1 heterocycles. The van der Waals surface area contributed by atoms with Crippen molar-refractivity contribution in [1.82, 2.24) is 0 Å². The van der Waals surface area contributed by atoms with Crippen LogP contribution < -0.4 is 9.47 Å². The van der Waals surface area contributed by atoms with E-state index in [2.05, 4.69) is 6.58 Å².